The van der Waals surface area contributed by atoms with Crippen LogP contribution >= 0.6 is 0 Å². The molecule has 0 bridgehead atoms. The van der Waals surface area contributed by atoms with Gasteiger partial charge in [-0.25, -0.2) is 0 Å². The molecule has 0 radical (unpaired) electrons. The normalized spacial score (nSPS) is 21.7. The SMILES string of the molecule is COC(=O)C1CC(c2ccccc2)Cc2cc[nH]c21. The Morgan fingerprint density at radius 2 is 2.05 bits per heavy atom. The first-order valence-corrected chi connectivity index (χ1v) is 6.58. The highest BCUT2D eigenvalue weighted by atomic mass is 16.5. The van der Waals surface area contributed by atoms with Gasteiger partial charge in [0.05, 0.1) is 13.0 Å². The number of ether oxygens (including phenoxy) is 1. The number of fused-ring (bicyclic) bond motifs is 1. The monoisotopic (exact) mass is 255 g/mol. The summed E-state index contributed by atoms with van der Waals surface area (Å²) in [6.07, 6.45) is 3.70. The molecular formula is C16H17NO2. The molecule has 2 unspecified atom stereocenters. The molecule has 0 aliphatic heterocycles. The summed E-state index contributed by atoms with van der Waals surface area (Å²) in [6, 6.07) is 12.5. The number of aromatic nitrogens is 1. The fraction of sp³-hybridized carbons (Fsp3) is 0.312. The number of nitrogens with one attached hydrogen (secondary N) is 1. The molecule has 1 aliphatic rings. The third kappa shape index (κ3) is 2.16. The van der Waals surface area contributed by atoms with Gasteiger partial charge in [-0.15, -0.1) is 0 Å². The smallest absolute Gasteiger partial charge is 0.314 e. The van der Waals surface area contributed by atoms with Crippen molar-refractivity contribution in [1.82, 2.24) is 4.98 Å². The molecule has 98 valence electrons. The lowest BCUT2D eigenvalue weighted by Crippen LogP contribution is -2.24. The van der Waals surface area contributed by atoms with Gasteiger partial charge in [-0.1, -0.05) is 30.3 Å². The van der Waals surface area contributed by atoms with Crippen LogP contribution in [0.1, 0.15) is 35.1 Å². The number of methoxy groups -OCH3 is 1. The van der Waals surface area contributed by atoms with E-state index in [2.05, 4.69) is 35.3 Å². The molecule has 0 saturated heterocycles. The highest BCUT2D eigenvalue weighted by molar-refractivity contribution is 5.78. The van der Waals surface area contributed by atoms with Gasteiger partial charge in [-0.3, -0.25) is 4.79 Å². The molecule has 2 aromatic rings. The first-order chi connectivity index (χ1) is 9.29. The molecule has 19 heavy (non-hydrogen) atoms. The maximum atomic E-state index is 12.0. The molecule has 2 atom stereocenters. The molecule has 3 nitrogen and oxygen atoms in total. The van der Waals surface area contributed by atoms with Crippen molar-refractivity contribution in [1.29, 1.82) is 0 Å². The minimum absolute atomic E-state index is 0.149. The quantitative estimate of drug-likeness (QED) is 0.838. The Labute approximate surface area is 112 Å². The van der Waals surface area contributed by atoms with Crippen LogP contribution in [-0.4, -0.2) is 18.1 Å². The number of aromatic amines is 1. The van der Waals surface area contributed by atoms with Crippen LogP contribution in [0.15, 0.2) is 42.6 Å². The maximum absolute atomic E-state index is 12.0. The lowest BCUT2D eigenvalue weighted by Gasteiger charge is -2.28. The van der Waals surface area contributed by atoms with Gasteiger partial charge in [-0.2, -0.15) is 0 Å². The molecule has 1 aromatic heterocycles. The minimum atomic E-state index is -0.172. The first-order valence-electron chi connectivity index (χ1n) is 6.58. The molecule has 1 aromatic carbocycles. The lowest BCUT2D eigenvalue weighted by molar-refractivity contribution is -0.143. The van der Waals surface area contributed by atoms with Gasteiger partial charge < -0.3 is 9.72 Å². The standard InChI is InChI=1S/C16H17NO2/c1-19-16(18)14-10-13(11-5-3-2-4-6-11)9-12-7-8-17-15(12)14/h2-8,13-14,17H,9-10H2,1H3. The van der Waals surface area contributed by atoms with E-state index in [0.717, 1.165) is 18.5 Å². The molecule has 1 aliphatic carbocycles. The number of benzene rings is 1. The molecule has 0 saturated carbocycles. The summed E-state index contributed by atoms with van der Waals surface area (Å²) in [5.41, 5.74) is 3.55. The van der Waals surface area contributed by atoms with Crippen LogP contribution in [0.5, 0.6) is 0 Å². The summed E-state index contributed by atoms with van der Waals surface area (Å²) >= 11 is 0. The zero-order chi connectivity index (χ0) is 13.2. The van der Waals surface area contributed by atoms with E-state index in [1.165, 1.54) is 18.2 Å². The number of hydrogen-bond donors (Lipinski definition) is 1. The second-order valence-electron chi connectivity index (χ2n) is 5.04. The molecule has 1 N–H and O–H groups in total. The van der Waals surface area contributed by atoms with E-state index in [-0.39, 0.29) is 11.9 Å². The van der Waals surface area contributed by atoms with Crippen molar-refractivity contribution >= 4 is 5.97 Å². The molecular weight excluding hydrogens is 238 g/mol. The van der Waals surface area contributed by atoms with Crippen molar-refractivity contribution in [3.05, 3.63) is 59.4 Å². The van der Waals surface area contributed by atoms with E-state index >= 15 is 0 Å². The number of H-pyrrole nitrogens is 1. The third-order valence-corrected chi connectivity index (χ3v) is 3.96. The zero-order valence-corrected chi connectivity index (χ0v) is 10.9. The topological polar surface area (TPSA) is 42.1 Å². The number of hydrogen-bond acceptors (Lipinski definition) is 2. The van der Waals surface area contributed by atoms with E-state index in [1.807, 2.05) is 12.3 Å². The summed E-state index contributed by atoms with van der Waals surface area (Å²) in [6.45, 7) is 0. The minimum Gasteiger partial charge on any atom is -0.469 e. The molecule has 1 heterocycles. The molecule has 0 fully saturated rings. The summed E-state index contributed by atoms with van der Waals surface area (Å²) in [5, 5.41) is 0. The van der Waals surface area contributed by atoms with Crippen LogP contribution in [0.2, 0.25) is 0 Å². The van der Waals surface area contributed by atoms with Gasteiger partial charge in [0, 0.05) is 11.9 Å². The predicted octanol–water partition coefficient (Wildman–Crippen LogP) is 3.00. The van der Waals surface area contributed by atoms with Crippen LogP contribution in [0, 0.1) is 0 Å². The maximum Gasteiger partial charge on any atom is 0.314 e. The largest absolute Gasteiger partial charge is 0.469 e. The van der Waals surface area contributed by atoms with E-state index in [9.17, 15) is 4.79 Å². The van der Waals surface area contributed by atoms with Crippen molar-refractivity contribution < 1.29 is 9.53 Å². The molecule has 3 heteroatoms. The predicted molar refractivity (Wildman–Crippen MR) is 73.1 cm³/mol. The van der Waals surface area contributed by atoms with E-state index < -0.39 is 0 Å². The van der Waals surface area contributed by atoms with Gasteiger partial charge in [0.15, 0.2) is 0 Å². The van der Waals surface area contributed by atoms with Crippen molar-refractivity contribution in [2.75, 3.05) is 7.11 Å². The van der Waals surface area contributed by atoms with Crippen LogP contribution in [0.3, 0.4) is 0 Å². The number of rotatable bonds is 2. The Bertz CT molecular complexity index is 573. The van der Waals surface area contributed by atoms with Crippen LogP contribution in [0.25, 0.3) is 0 Å². The second kappa shape index (κ2) is 4.92. The highest BCUT2D eigenvalue weighted by Crippen LogP contribution is 2.39. The highest BCUT2D eigenvalue weighted by Gasteiger charge is 2.33. The lowest BCUT2D eigenvalue weighted by atomic mass is 9.77. The Morgan fingerprint density at radius 1 is 1.26 bits per heavy atom. The molecule has 3 rings (SSSR count). The number of carbonyl (C=O) groups is 1. The Balaban J connectivity index is 1.94. The van der Waals surface area contributed by atoms with Gasteiger partial charge in [0.2, 0.25) is 0 Å². The summed E-state index contributed by atoms with van der Waals surface area (Å²) < 4.78 is 4.94. The fourth-order valence-corrected chi connectivity index (χ4v) is 3.00. The Morgan fingerprint density at radius 3 is 2.79 bits per heavy atom. The van der Waals surface area contributed by atoms with E-state index in [1.54, 1.807) is 0 Å². The number of carbonyl (C=O) groups excluding carboxylic acids is 1. The van der Waals surface area contributed by atoms with E-state index in [4.69, 9.17) is 4.74 Å². The van der Waals surface area contributed by atoms with Crippen LogP contribution < -0.4 is 0 Å². The molecule has 0 amide bonds. The average Bonchev–Trinajstić information content (AvgIpc) is 2.94. The first kappa shape index (κ1) is 12.0. The van der Waals surface area contributed by atoms with Gasteiger partial charge >= 0.3 is 5.97 Å². The average molecular weight is 255 g/mol. The fourth-order valence-electron chi connectivity index (χ4n) is 3.00. The Kier molecular flexibility index (Phi) is 3.11. The summed E-state index contributed by atoms with van der Waals surface area (Å²) in [4.78, 5) is 15.2. The van der Waals surface area contributed by atoms with Gasteiger partial charge in [0.25, 0.3) is 0 Å². The van der Waals surface area contributed by atoms with Crippen molar-refractivity contribution in [2.24, 2.45) is 0 Å². The van der Waals surface area contributed by atoms with E-state index in [0.29, 0.717) is 5.92 Å². The van der Waals surface area contributed by atoms with Crippen molar-refractivity contribution in [2.45, 2.75) is 24.7 Å². The Hall–Kier alpha value is -2.03. The number of esters is 1. The van der Waals surface area contributed by atoms with Gasteiger partial charge in [-0.05, 0) is 36.0 Å². The van der Waals surface area contributed by atoms with Crippen molar-refractivity contribution in [3.63, 3.8) is 0 Å². The molecule has 0 spiro atoms. The van der Waals surface area contributed by atoms with Crippen molar-refractivity contribution in [3.8, 4) is 0 Å². The summed E-state index contributed by atoms with van der Waals surface area (Å²) in [7, 11) is 1.46. The second-order valence-corrected chi connectivity index (χ2v) is 5.04. The van der Waals surface area contributed by atoms with Gasteiger partial charge in [0.1, 0.15) is 0 Å². The van der Waals surface area contributed by atoms with Crippen LogP contribution in [0.4, 0.5) is 0 Å². The summed E-state index contributed by atoms with van der Waals surface area (Å²) in [5.74, 6) is 0.0619. The third-order valence-electron chi connectivity index (χ3n) is 3.96. The van der Waals surface area contributed by atoms with Crippen LogP contribution in [-0.2, 0) is 16.0 Å². The zero-order valence-electron chi connectivity index (χ0n) is 10.9.